The number of benzene rings is 1. The number of unbranched alkanes of at least 4 members (excludes halogenated alkanes) is 16. The van der Waals surface area contributed by atoms with Crippen molar-refractivity contribution in [3.8, 4) is 0 Å². The quantitative estimate of drug-likeness (QED) is 0.125. The van der Waals surface area contributed by atoms with E-state index in [4.69, 9.17) is 16.6 Å². The lowest BCUT2D eigenvalue weighted by Crippen LogP contribution is -2.05. The molecule has 4 heteroatoms. The molecule has 1 aromatic rings. The van der Waals surface area contributed by atoms with Crippen molar-refractivity contribution in [3.05, 3.63) is 23.8 Å². The first-order chi connectivity index (χ1) is 15.0. The molecule has 0 fully saturated rings. The molecule has 0 unspecified atom stereocenters. The Morgan fingerprint density at radius 3 is 1.16 bits per heavy atom. The molecular weight excluding hydrogens is 384 g/mol. The number of Topliss-reactive ketones (excluding diaryl/α,β-unsaturated/α-hetero) is 1. The van der Waals surface area contributed by atoms with E-state index < -0.39 is 6.61 Å². The Balaban J connectivity index is 0.000000639. The number of hydrogen-bond donors (Lipinski definition) is 3. The molecule has 180 valence electrons. The van der Waals surface area contributed by atoms with Crippen LogP contribution >= 0.6 is 0 Å². The smallest absolute Gasteiger partial charge is 0.188 e. The van der Waals surface area contributed by atoms with Crippen LogP contribution in [-0.2, 0) is 0 Å². The van der Waals surface area contributed by atoms with Gasteiger partial charge in [0.2, 0.25) is 0 Å². The van der Waals surface area contributed by atoms with Crippen LogP contribution in [0.5, 0.6) is 0 Å². The molecule has 0 atom stereocenters. The monoisotopic (exact) mass is 434 g/mol. The van der Waals surface area contributed by atoms with Crippen LogP contribution in [0.15, 0.2) is 18.2 Å². The molecule has 0 aliphatic heterocycles. The van der Waals surface area contributed by atoms with Gasteiger partial charge in [-0.2, -0.15) is 0 Å². The Morgan fingerprint density at radius 2 is 0.903 bits per heavy atom. The minimum Gasteiger partial charge on any atom is -0.399 e. The molecule has 0 saturated heterocycles. The average molecular weight is 435 g/mol. The van der Waals surface area contributed by atoms with Crippen molar-refractivity contribution in [1.82, 2.24) is 0 Å². The Morgan fingerprint density at radius 1 is 0.613 bits per heavy atom. The van der Waals surface area contributed by atoms with Gasteiger partial charge in [-0.25, -0.2) is 0 Å². The highest BCUT2D eigenvalue weighted by Gasteiger charge is 2.04. The maximum absolute atomic E-state index is 11.0. The third-order valence-electron chi connectivity index (χ3n) is 5.65. The molecule has 0 bridgehead atoms. The summed E-state index contributed by atoms with van der Waals surface area (Å²) >= 11 is 0. The topological polar surface area (TPSA) is 89.3 Å². The van der Waals surface area contributed by atoms with Crippen LogP contribution in [-0.4, -0.2) is 17.5 Å². The van der Waals surface area contributed by atoms with Crippen LogP contribution in [0, 0.1) is 0 Å². The molecule has 1 aromatic carbocycles. The van der Waals surface area contributed by atoms with Gasteiger partial charge < -0.3 is 16.6 Å². The average Bonchev–Trinajstić information content (AvgIpc) is 2.75. The third-order valence-corrected chi connectivity index (χ3v) is 5.65. The Labute approximate surface area is 192 Å². The summed E-state index contributed by atoms with van der Waals surface area (Å²) in [5, 5.41) is 8.54. The lowest BCUT2D eigenvalue weighted by Gasteiger charge is -2.03. The van der Waals surface area contributed by atoms with Crippen LogP contribution in [0.4, 0.5) is 11.4 Å². The van der Waals surface area contributed by atoms with Gasteiger partial charge in [-0.05, 0) is 18.2 Å². The van der Waals surface area contributed by atoms with Gasteiger partial charge in [0.05, 0.1) is 0 Å². The van der Waals surface area contributed by atoms with Gasteiger partial charge in [0.1, 0.15) is 6.61 Å². The summed E-state index contributed by atoms with van der Waals surface area (Å²) in [6.07, 6.45) is 24.9. The Kier molecular flexibility index (Phi) is 20.6. The molecule has 1 rings (SSSR count). The van der Waals surface area contributed by atoms with Gasteiger partial charge in [-0.1, -0.05) is 123 Å². The molecule has 0 spiro atoms. The van der Waals surface area contributed by atoms with E-state index in [2.05, 4.69) is 13.8 Å². The third kappa shape index (κ3) is 18.9. The van der Waals surface area contributed by atoms with E-state index in [0.29, 0.717) is 16.9 Å². The van der Waals surface area contributed by atoms with Gasteiger partial charge in [0.25, 0.3) is 0 Å². The van der Waals surface area contributed by atoms with Crippen molar-refractivity contribution >= 4 is 17.2 Å². The Hall–Kier alpha value is -1.55. The second kappa shape index (κ2) is 21.7. The number of aliphatic hydroxyl groups is 1. The predicted molar refractivity (Wildman–Crippen MR) is 137 cm³/mol. The standard InChI is InChI=1S/C19H40.C8H10N2O2/c1-3-5-7-9-11-13-15-17-19-18-16-14-12-10-8-6-4-2;9-6-1-5(8(12)4-11)2-7(10)3-6/h3-19H2,1-2H3;1-3,11H,4,9-10H2. The van der Waals surface area contributed by atoms with Gasteiger partial charge >= 0.3 is 0 Å². The van der Waals surface area contributed by atoms with Crippen LogP contribution < -0.4 is 11.5 Å². The van der Waals surface area contributed by atoms with E-state index in [1.807, 2.05) is 0 Å². The molecule has 0 amide bonds. The van der Waals surface area contributed by atoms with Gasteiger partial charge in [0, 0.05) is 16.9 Å². The van der Waals surface area contributed by atoms with Crippen LogP contribution in [0.25, 0.3) is 0 Å². The zero-order valence-electron chi connectivity index (χ0n) is 20.5. The van der Waals surface area contributed by atoms with E-state index in [9.17, 15) is 4.79 Å². The SMILES string of the molecule is CCCCCCCCCCCCCCCCCCC.Nc1cc(N)cc(C(=O)CO)c1. The highest BCUT2D eigenvalue weighted by Crippen LogP contribution is 2.14. The van der Waals surface area contributed by atoms with Crippen LogP contribution in [0.2, 0.25) is 0 Å². The van der Waals surface area contributed by atoms with E-state index in [1.54, 1.807) is 6.07 Å². The fraction of sp³-hybridized carbons (Fsp3) is 0.741. The highest BCUT2D eigenvalue weighted by atomic mass is 16.3. The molecular formula is C27H50N2O2. The summed E-state index contributed by atoms with van der Waals surface area (Å²) in [5.74, 6) is -0.381. The summed E-state index contributed by atoms with van der Waals surface area (Å²) in [6, 6.07) is 4.51. The first kappa shape index (κ1) is 29.5. The summed E-state index contributed by atoms with van der Waals surface area (Å²) < 4.78 is 0. The molecule has 5 N–H and O–H groups in total. The zero-order chi connectivity index (χ0) is 23.2. The van der Waals surface area contributed by atoms with Crippen molar-refractivity contribution in [2.75, 3.05) is 18.1 Å². The molecule has 4 nitrogen and oxygen atoms in total. The highest BCUT2D eigenvalue weighted by molar-refractivity contribution is 5.98. The number of carbonyl (C=O) groups excluding carboxylic acids is 1. The number of anilines is 2. The van der Waals surface area contributed by atoms with Crippen molar-refractivity contribution < 1.29 is 9.90 Å². The number of nitrogen functional groups attached to an aromatic ring is 2. The van der Waals surface area contributed by atoms with Crippen molar-refractivity contribution in [2.24, 2.45) is 0 Å². The summed E-state index contributed by atoms with van der Waals surface area (Å²) in [7, 11) is 0. The molecule has 31 heavy (non-hydrogen) atoms. The van der Waals surface area contributed by atoms with Crippen molar-refractivity contribution in [3.63, 3.8) is 0 Å². The molecule has 0 saturated carbocycles. The predicted octanol–water partition coefficient (Wildman–Crippen LogP) is 7.68. The fourth-order valence-corrected chi connectivity index (χ4v) is 3.73. The molecule has 0 heterocycles. The summed E-state index contributed by atoms with van der Waals surface area (Å²) in [6.45, 7) is 4.07. The molecule has 0 aromatic heterocycles. The van der Waals surface area contributed by atoms with Gasteiger partial charge in [-0.15, -0.1) is 0 Å². The van der Waals surface area contributed by atoms with Gasteiger partial charge in [-0.3, -0.25) is 4.79 Å². The lowest BCUT2D eigenvalue weighted by atomic mass is 10.0. The first-order valence-electron chi connectivity index (χ1n) is 12.8. The minimum atomic E-state index is -0.525. The van der Waals surface area contributed by atoms with E-state index in [0.717, 1.165) is 0 Å². The number of nitrogens with two attached hydrogens (primary N) is 2. The molecule has 0 radical (unpaired) electrons. The van der Waals surface area contributed by atoms with Crippen molar-refractivity contribution in [2.45, 2.75) is 123 Å². The van der Waals surface area contributed by atoms with Gasteiger partial charge in [0.15, 0.2) is 5.78 Å². The number of hydrogen-bond acceptors (Lipinski definition) is 4. The van der Waals surface area contributed by atoms with E-state index in [1.165, 1.54) is 121 Å². The largest absolute Gasteiger partial charge is 0.399 e. The summed E-state index contributed by atoms with van der Waals surface area (Å²) in [5.41, 5.74) is 12.1. The number of carbonyl (C=O) groups is 1. The van der Waals surface area contributed by atoms with E-state index >= 15 is 0 Å². The Bertz CT molecular complexity index is 510. The van der Waals surface area contributed by atoms with Crippen LogP contribution in [0.1, 0.15) is 133 Å². The normalized spacial score (nSPS) is 10.5. The minimum absolute atomic E-state index is 0.343. The lowest BCUT2D eigenvalue weighted by molar-refractivity contribution is 0.0904. The van der Waals surface area contributed by atoms with E-state index in [-0.39, 0.29) is 5.78 Å². The number of rotatable bonds is 18. The maximum Gasteiger partial charge on any atom is 0.188 e. The number of aliphatic hydroxyl groups excluding tert-OH is 1. The second-order valence-corrected chi connectivity index (χ2v) is 8.77. The number of ketones is 1. The first-order valence-corrected chi connectivity index (χ1v) is 12.8. The fourth-order valence-electron chi connectivity index (χ4n) is 3.73. The van der Waals surface area contributed by atoms with Crippen molar-refractivity contribution in [1.29, 1.82) is 0 Å². The molecule has 0 aliphatic rings. The molecule has 0 aliphatic carbocycles. The second-order valence-electron chi connectivity index (χ2n) is 8.77. The summed E-state index contributed by atoms with van der Waals surface area (Å²) in [4.78, 5) is 11.0. The zero-order valence-corrected chi connectivity index (χ0v) is 20.5. The maximum atomic E-state index is 11.0. The van der Waals surface area contributed by atoms with Crippen LogP contribution in [0.3, 0.4) is 0 Å².